The molecule has 0 amide bonds. The number of hydrogen-bond donors (Lipinski definition) is 0. The minimum atomic E-state index is -0.129. The first-order valence-corrected chi connectivity index (χ1v) is 8.44. The van der Waals surface area contributed by atoms with Crippen LogP contribution in [0.2, 0.25) is 0 Å². The van der Waals surface area contributed by atoms with E-state index in [1.165, 1.54) is 10.9 Å². The Labute approximate surface area is 151 Å². The SMILES string of the molecule is Cc1cccc2c(=O)n(Cc3nnc(-c4cccc(Br)c4)o3)cnc12. The Kier molecular flexibility index (Phi) is 3.93. The lowest BCUT2D eigenvalue weighted by Gasteiger charge is -2.05. The van der Waals surface area contributed by atoms with Crippen molar-refractivity contribution < 1.29 is 4.42 Å². The van der Waals surface area contributed by atoms with Gasteiger partial charge in [0.2, 0.25) is 11.8 Å². The molecule has 0 spiro atoms. The van der Waals surface area contributed by atoms with E-state index in [9.17, 15) is 4.79 Å². The average molecular weight is 397 g/mol. The molecular formula is C18H13BrN4O2. The molecule has 124 valence electrons. The smallest absolute Gasteiger partial charge is 0.261 e. The van der Waals surface area contributed by atoms with Crippen LogP contribution in [-0.4, -0.2) is 19.7 Å². The van der Waals surface area contributed by atoms with Crippen molar-refractivity contribution in [2.45, 2.75) is 13.5 Å². The molecule has 0 bridgehead atoms. The van der Waals surface area contributed by atoms with Gasteiger partial charge in [0.15, 0.2) is 0 Å². The number of benzene rings is 2. The molecule has 0 saturated heterocycles. The summed E-state index contributed by atoms with van der Waals surface area (Å²) in [5, 5.41) is 8.67. The summed E-state index contributed by atoms with van der Waals surface area (Å²) in [7, 11) is 0. The lowest BCUT2D eigenvalue weighted by molar-refractivity contribution is 0.483. The number of para-hydroxylation sites is 1. The number of hydrogen-bond acceptors (Lipinski definition) is 5. The van der Waals surface area contributed by atoms with Crippen LogP contribution in [-0.2, 0) is 6.54 Å². The largest absolute Gasteiger partial charge is 0.419 e. The van der Waals surface area contributed by atoms with Crippen LogP contribution in [0.3, 0.4) is 0 Å². The Bertz CT molecular complexity index is 1130. The van der Waals surface area contributed by atoms with Crippen molar-refractivity contribution in [3.63, 3.8) is 0 Å². The molecule has 2 heterocycles. The normalized spacial score (nSPS) is 11.1. The van der Waals surface area contributed by atoms with Gasteiger partial charge in [0, 0.05) is 10.0 Å². The van der Waals surface area contributed by atoms with Crippen molar-refractivity contribution in [2.75, 3.05) is 0 Å². The Morgan fingerprint density at radius 3 is 2.84 bits per heavy atom. The fraction of sp³-hybridized carbons (Fsp3) is 0.111. The number of halogens is 1. The van der Waals surface area contributed by atoms with Gasteiger partial charge < -0.3 is 4.42 Å². The molecule has 0 N–H and O–H groups in total. The summed E-state index contributed by atoms with van der Waals surface area (Å²) in [5.74, 6) is 0.764. The van der Waals surface area contributed by atoms with Crippen LogP contribution in [0, 0.1) is 6.92 Å². The first-order valence-electron chi connectivity index (χ1n) is 7.65. The molecule has 4 aromatic rings. The van der Waals surface area contributed by atoms with Crippen LogP contribution in [0.5, 0.6) is 0 Å². The highest BCUT2D eigenvalue weighted by Gasteiger charge is 2.12. The van der Waals surface area contributed by atoms with E-state index in [4.69, 9.17) is 4.42 Å². The summed E-state index contributed by atoms with van der Waals surface area (Å²) in [6, 6.07) is 13.1. The molecule has 0 fully saturated rings. The molecule has 6 nitrogen and oxygen atoms in total. The molecule has 2 aromatic carbocycles. The molecule has 25 heavy (non-hydrogen) atoms. The molecule has 0 aliphatic rings. The lowest BCUT2D eigenvalue weighted by atomic mass is 10.1. The van der Waals surface area contributed by atoms with E-state index in [-0.39, 0.29) is 12.1 Å². The van der Waals surface area contributed by atoms with E-state index >= 15 is 0 Å². The average Bonchev–Trinajstić information content (AvgIpc) is 3.07. The van der Waals surface area contributed by atoms with Gasteiger partial charge >= 0.3 is 0 Å². The molecule has 0 aliphatic carbocycles. The number of fused-ring (bicyclic) bond motifs is 1. The second-order valence-corrected chi connectivity index (χ2v) is 6.58. The van der Waals surface area contributed by atoms with E-state index in [0.717, 1.165) is 15.6 Å². The van der Waals surface area contributed by atoms with Crippen LogP contribution >= 0.6 is 15.9 Å². The summed E-state index contributed by atoms with van der Waals surface area (Å²) in [4.78, 5) is 17.0. The summed E-state index contributed by atoms with van der Waals surface area (Å²) in [6.07, 6.45) is 1.51. The van der Waals surface area contributed by atoms with Gasteiger partial charge in [-0.05, 0) is 36.8 Å². The minimum absolute atomic E-state index is 0.129. The maximum Gasteiger partial charge on any atom is 0.261 e. The number of rotatable bonds is 3. The number of aromatic nitrogens is 4. The zero-order chi connectivity index (χ0) is 17.4. The van der Waals surface area contributed by atoms with Gasteiger partial charge in [0.25, 0.3) is 5.56 Å². The zero-order valence-electron chi connectivity index (χ0n) is 13.3. The minimum Gasteiger partial charge on any atom is -0.419 e. The molecule has 7 heteroatoms. The molecular weight excluding hydrogens is 384 g/mol. The number of nitrogens with zero attached hydrogens (tertiary/aromatic N) is 4. The molecule has 4 rings (SSSR count). The maximum atomic E-state index is 12.6. The van der Waals surface area contributed by atoms with E-state index in [1.807, 2.05) is 43.3 Å². The van der Waals surface area contributed by atoms with Gasteiger partial charge in [-0.25, -0.2) is 4.98 Å². The Hall–Kier alpha value is -2.80. The van der Waals surface area contributed by atoms with Crippen molar-refractivity contribution in [2.24, 2.45) is 0 Å². The van der Waals surface area contributed by atoms with Crippen molar-refractivity contribution in [3.05, 3.63) is 75.1 Å². The Morgan fingerprint density at radius 1 is 1.16 bits per heavy atom. The highest BCUT2D eigenvalue weighted by atomic mass is 79.9. The molecule has 2 aromatic heterocycles. The maximum absolute atomic E-state index is 12.6. The van der Waals surface area contributed by atoms with Crippen molar-refractivity contribution in [3.8, 4) is 11.5 Å². The summed E-state index contributed by atoms with van der Waals surface area (Å²) in [5.41, 5.74) is 2.37. The zero-order valence-corrected chi connectivity index (χ0v) is 14.9. The second kappa shape index (κ2) is 6.25. The topological polar surface area (TPSA) is 73.8 Å². The summed E-state index contributed by atoms with van der Waals surface area (Å²) < 4.78 is 8.09. The van der Waals surface area contributed by atoms with Gasteiger partial charge in [-0.1, -0.05) is 34.1 Å². The number of aryl methyl sites for hydroxylation is 1. The van der Waals surface area contributed by atoms with Crippen LogP contribution in [0.15, 0.2) is 62.5 Å². The molecule has 0 aliphatic heterocycles. The summed E-state index contributed by atoms with van der Waals surface area (Å²) in [6.45, 7) is 2.11. The van der Waals surface area contributed by atoms with Gasteiger partial charge in [0.05, 0.1) is 17.2 Å². The van der Waals surface area contributed by atoms with Gasteiger partial charge in [-0.2, -0.15) is 0 Å². The van der Waals surface area contributed by atoms with Crippen LogP contribution < -0.4 is 5.56 Å². The van der Waals surface area contributed by atoms with Crippen LogP contribution in [0.1, 0.15) is 11.5 Å². The third kappa shape index (κ3) is 2.98. The highest BCUT2D eigenvalue weighted by Crippen LogP contribution is 2.22. The van der Waals surface area contributed by atoms with Crippen molar-refractivity contribution in [1.29, 1.82) is 0 Å². The van der Waals surface area contributed by atoms with Crippen molar-refractivity contribution in [1.82, 2.24) is 19.7 Å². The van der Waals surface area contributed by atoms with E-state index in [0.29, 0.717) is 22.7 Å². The summed E-state index contributed by atoms with van der Waals surface area (Å²) >= 11 is 3.41. The van der Waals surface area contributed by atoms with Crippen LogP contribution in [0.4, 0.5) is 0 Å². The molecule has 0 unspecified atom stereocenters. The highest BCUT2D eigenvalue weighted by molar-refractivity contribution is 9.10. The van der Waals surface area contributed by atoms with Gasteiger partial charge in [-0.15, -0.1) is 10.2 Å². The first kappa shape index (κ1) is 15.7. The monoisotopic (exact) mass is 396 g/mol. The molecule has 0 atom stereocenters. The Morgan fingerprint density at radius 2 is 2.00 bits per heavy atom. The van der Waals surface area contributed by atoms with E-state index in [1.54, 1.807) is 6.07 Å². The lowest BCUT2D eigenvalue weighted by Crippen LogP contribution is -2.21. The van der Waals surface area contributed by atoms with Gasteiger partial charge in [-0.3, -0.25) is 9.36 Å². The van der Waals surface area contributed by atoms with E-state index in [2.05, 4.69) is 31.1 Å². The first-order chi connectivity index (χ1) is 12.1. The third-order valence-corrected chi connectivity index (χ3v) is 4.39. The van der Waals surface area contributed by atoms with Gasteiger partial charge in [0.1, 0.15) is 6.54 Å². The second-order valence-electron chi connectivity index (χ2n) is 5.66. The fourth-order valence-corrected chi connectivity index (χ4v) is 3.05. The predicted octanol–water partition coefficient (Wildman–Crippen LogP) is 3.57. The predicted molar refractivity (Wildman–Crippen MR) is 97.3 cm³/mol. The standard InChI is InChI=1S/C18H13BrN4O2/c1-11-4-2-7-14-16(11)20-10-23(18(14)24)9-15-21-22-17(25-15)12-5-3-6-13(19)8-12/h2-8,10H,9H2,1H3. The molecule has 0 saturated carbocycles. The Balaban J connectivity index is 1.68. The fourth-order valence-electron chi connectivity index (χ4n) is 2.65. The third-order valence-electron chi connectivity index (χ3n) is 3.90. The van der Waals surface area contributed by atoms with E-state index < -0.39 is 0 Å². The van der Waals surface area contributed by atoms with Crippen molar-refractivity contribution >= 4 is 26.8 Å². The quantitative estimate of drug-likeness (QED) is 0.529. The molecule has 0 radical (unpaired) electrons. The van der Waals surface area contributed by atoms with Crippen LogP contribution in [0.25, 0.3) is 22.4 Å².